The van der Waals surface area contributed by atoms with Crippen molar-refractivity contribution in [3.8, 4) is 0 Å². The third-order valence-electron chi connectivity index (χ3n) is 12.0. The highest BCUT2D eigenvalue weighted by Gasteiger charge is 2.19. The van der Waals surface area contributed by atoms with Gasteiger partial charge in [-0.05, 0) is 122 Å². The number of esters is 3. The normalized spacial score (nSPS) is 13.3. The second-order valence-corrected chi connectivity index (χ2v) is 19.2. The first-order valence-corrected chi connectivity index (χ1v) is 30.0. The van der Waals surface area contributed by atoms with Crippen LogP contribution in [-0.4, -0.2) is 37.2 Å². The lowest BCUT2D eigenvalue weighted by atomic mass is 10.1. The first-order chi connectivity index (χ1) is 37.0. The first kappa shape index (κ1) is 70.0. The van der Waals surface area contributed by atoms with Crippen LogP contribution >= 0.6 is 0 Å². The van der Waals surface area contributed by atoms with Gasteiger partial charge in [0.2, 0.25) is 0 Å². The Balaban J connectivity index is 4.33. The van der Waals surface area contributed by atoms with E-state index in [4.69, 9.17) is 14.2 Å². The lowest BCUT2D eigenvalue weighted by Crippen LogP contribution is -2.30. The van der Waals surface area contributed by atoms with E-state index >= 15 is 0 Å². The lowest BCUT2D eigenvalue weighted by Gasteiger charge is -2.18. The number of allylic oxidation sites excluding steroid dienone is 25. The minimum atomic E-state index is -0.845. The van der Waals surface area contributed by atoms with Gasteiger partial charge in [-0.15, -0.1) is 0 Å². The van der Waals surface area contributed by atoms with Crippen molar-refractivity contribution in [3.05, 3.63) is 158 Å². The zero-order valence-electron chi connectivity index (χ0n) is 48.0. The van der Waals surface area contributed by atoms with Crippen LogP contribution in [0, 0.1) is 0 Å². The summed E-state index contributed by atoms with van der Waals surface area (Å²) in [5.41, 5.74) is 0. The second-order valence-electron chi connectivity index (χ2n) is 19.2. The molecule has 0 saturated carbocycles. The average molecular weight is 1030 g/mol. The summed E-state index contributed by atoms with van der Waals surface area (Å²) in [4.78, 5) is 38.0. The van der Waals surface area contributed by atoms with Gasteiger partial charge in [-0.1, -0.05) is 256 Å². The molecule has 1 atom stereocenters. The maximum Gasteiger partial charge on any atom is 0.310 e. The lowest BCUT2D eigenvalue weighted by molar-refractivity contribution is -0.166. The van der Waals surface area contributed by atoms with Crippen LogP contribution in [0.15, 0.2) is 158 Å². The SMILES string of the molecule is CC/C=C\C/C=C\C/C=C\C/C=C\C/C=C\C/C=C\C/C=C\CCCCCCCCCCCC(=O)OCC(COC(=O)CCCCCCC/C=C\CCCC)OC(=O)C/C=C\C/C=C\C/C=C\C/C=C\C/C=C\CC. The Bertz CT molecular complexity index is 1710. The van der Waals surface area contributed by atoms with Crippen LogP contribution in [-0.2, 0) is 28.6 Å². The Morgan fingerprint density at radius 3 is 0.893 bits per heavy atom. The quantitative estimate of drug-likeness (QED) is 0.0261. The zero-order valence-corrected chi connectivity index (χ0v) is 48.0. The number of hydrogen-bond donors (Lipinski definition) is 0. The van der Waals surface area contributed by atoms with Crippen LogP contribution in [0.2, 0.25) is 0 Å². The van der Waals surface area contributed by atoms with E-state index in [1.165, 1.54) is 64.2 Å². The zero-order chi connectivity index (χ0) is 54.3. The number of carbonyl (C=O) groups is 3. The topological polar surface area (TPSA) is 78.9 Å². The van der Waals surface area contributed by atoms with Crippen molar-refractivity contribution in [2.45, 2.75) is 245 Å². The molecule has 0 N–H and O–H groups in total. The predicted molar refractivity (Wildman–Crippen MR) is 325 cm³/mol. The van der Waals surface area contributed by atoms with Crippen LogP contribution in [0.3, 0.4) is 0 Å². The Labute approximate surface area is 460 Å². The molecule has 0 aromatic heterocycles. The average Bonchev–Trinajstić information content (AvgIpc) is 3.41. The van der Waals surface area contributed by atoms with Crippen LogP contribution in [0.5, 0.6) is 0 Å². The van der Waals surface area contributed by atoms with Gasteiger partial charge in [0.05, 0.1) is 6.42 Å². The Morgan fingerprint density at radius 2 is 0.560 bits per heavy atom. The molecular weight excluding hydrogens is 925 g/mol. The molecule has 0 saturated heterocycles. The molecule has 75 heavy (non-hydrogen) atoms. The van der Waals surface area contributed by atoms with Crippen molar-refractivity contribution in [2.24, 2.45) is 0 Å². The highest BCUT2D eigenvalue weighted by Crippen LogP contribution is 2.14. The van der Waals surface area contributed by atoms with E-state index in [9.17, 15) is 14.4 Å². The van der Waals surface area contributed by atoms with Gasteiger partial charge in [0.15, 0.2) is 6.10 Å². The molecule has 420 valence electrons. The Kier molecular flexibility index (Phi) is 57.5. The van der Waals surface area contributed by atoms with E-state index in [1.54, 1.807) is 6.08 Å². The molecule has 6 nitrogen and oxygen atoms in total. The van der Waals surface area contributed by atoms with Gasteiger partial charge in [-0.2, -0.15) is 0 Å². The molecule has 0 spiro atoms. The fourth-order valence-corrected chi connectivity index (χ4v) is 7.60. The van der Waals surface area contributed by atoms with Crippen LogP contribution in [0.1, 0.15) is 239 Å². The molecule has 0 aliphatic heterocycles. The third kappa shape index (κ3) is 59.8. The molecule has 0 aromatic carbocycles. The number of unbranched alkanes of at least 4 members (excludes halogenated alkanes) is 16. The number of hydrogen-bond acceptors (Lipinski definition) is 6. The van der Waals surface area contributed by atoms with Gasteiger partial charge in [0.1, 0.15) is 13.2 Å². The van der Waals surface area contributed by atoms with Gasteiger partial charge in [-0.3, -0.25) is 14.4 Å². The second kappa shape index (κ2) is 61.6. The summed E-state index contributed by atoms with van der Waals surface area (Å²) in [5.74, 6) is -1.08. The molecular formula is C69H108O6. The van der Waals surface area contributed by atoms with Crippen LogP contribution in [0.25, 0.3) is 0 Å². The van der Waals surface area contributed by atoms with Gasteiger partial charge in [0.25, 0.3) is 0 Å². The molecule has 0 aromatic rings. The molecule has 0 fully saturated rings. The first-order valence-electron chi connectivity index (χ1n) is 30.0. The third-order valence-corrected chi connectivity index (χ3v) is 12.0. The van der Waals surface area contributed by atoms with Crippen molar-refractivity contribution < 1.29 is 28.6 Å². The monoisotopic (exact) mass is 1030 g/mol. The minimum absolute atomic E-state index is 0.0874. The van der Waals surface area contributed by atoms with E-state index in [1.807, 2.05) is 6.08 Å². The summed E-state index contributed by atoms with van der Waals surface area (Å²) in [6.45, 7) is 6.26. The Hall–Kier alpha value is -4.97. The molecule has 0 heterocycles. The van der Waals surface area contributed by atoms with Crippen molar-refractivity contribution >= 4 is 17.9 Å². The summed E-state index contributed by atoms with van der Waals surface area (Å²) in [5, 5.41) is 0. The largest absolute Gasteiger partial charge is 0.462 e. The van der Waals surface area contributed by atoms with E-state index < -0.39 is 12.1 Å². The fraction of sp³-hybridized carbons (Fsp3) is 0.580. The number of rotatable bonds is 52. The van der Waals surface area contributed by atoms with Gasteiger partial charge in [0, 0.05) is 12.8 Å². The summed E-state index contributed by atoms with van der Waals surface area (Å²) in [6.07, 6.45) is 89.9. The summed E-state index contributed by atoms with van der Waals surface area (Å²) in [7, 11) is 0. The van der Waals surface area contributed by atoms with E-state index in [0.717, 1.165) is 128 Å². The highest BCUT2D eigenvalue weighted by atomic mass is 16.6. The van der Waals surface area contributed by atoms with E-state index in [0.29, 0.717) is 19.3 Å². The summed E-state index contributed by atoms with van der Waals surface area (Å²) < 4.78 is 16.7. The van der Waals surface area contributed by atoms with Crippen molar-refractivity contribution in [1.29, 1.82) is 0 Å². The molecule has 1 unspecified atom stereocenters. The predicted octanol–water partition coefficient (Wildman–Crippen LogP) is 20.5. The Morgan fingerprint density at radius 1 is 0.293 bits per heavy atom. The van der Waals surface area contributed by atoms with Crippen LogP contribution in [0.4, 0.5) is 0 Å². The molecule has 6 heteroatoms. The van der Waals surface area contributed by atoms with E-state index in [2.05, 4.69) is 167 Å². The van der Waals surface area contributed by atoms with E-state index in [-0.39, 0.29) is 31.6 Å². The van der Waals surface area contributed by atoms with Crippen molar-refractivity contribution in [3.63, 3.8) is 0 Å². The number of carbonyl (C=O) groups excluding carboxylic acids is 3. The number of ether oxygens (including phenoxy) is 3. The van der Waals surface area contributed by atoms with Gasteiger partial charge >= 0.3 is 17.9 Å². The van der Waals surface area contributed by atoms with Crippen molar-refractivity contribution in [2.75, 3.05) is 13.2 Å². The standard InChI is InChI=1S/C69H108O6/c1-4-7-10-13-16-19-22-24-26-27-28-29-30-31-32-33-34-35-36-37-38-39-40-41-43-44-47-50-53-56-59-62-68(71)74-65-66(64-73-67(70)61-58-55-52-49-46-21-18-15-12-9-6-3)75-69(72)63-60-57-54-51-48-45-42-25-23-20-17-14-11-8-5-2/h7-8,10-11,15-20,24-26,28-29,31-32,34-35,37-38,42,48,51,57,60,66H,4-6,9,12-14,21-23,27,30,33,36,39-41,43-47,49-50,52-56,58-59,61-65H2,1-3H3/b10-7-,11-8-,18-15-,19-16-,20-17-,26-24-,29-28-,32-31-,35-34-,38-37-,42-25-,51-48-,60-57-. The molecule has 0 aliphatic carbocycles. The smallest absolute Gasteiger partial charge is 0.310 e. The van der Waals surface area contributed by atoms with Crippen molar-refractivity contribution in [1.82, 2.24) is 0 Å². The van der Waals surface area contributed by atoms with Crippen LogP contribution < -0.4 is 0 Å². The molecule has 0 bridgehead atoms. The maximum absolute atomic E-state index is 12.8. The summed E-state index contributed by atoms with van der Waals surface area (Å²) in [6, 6.07) is 0. The maximum atomic E-state index is 12.8. The molecule has 0 aliphatic rings. The highest BCUT2D eigenvalue weighted by molar-refractivity contribution is 5.72. The van der Waals surface area contributed by atoms with Gasteiger partial charge in [-0.25, -0.2) is 0 Å². The molecule has 0 amide bonds. The minimum Gasteiger partial charge on any atom is -0.462 e. The van der Waals surface area contributed by atoms with Gasteiger partial charge < -0.3 is 14.2 Å². The summed E-state index contributed by atoms with van der Waals surface area (Å²) >= 11 is 0. The molecule has 0 radical (unpaired) electrons. The molecule has 0 rings (SSSR count). The fourth-order valence-electron chi connectivity index (χ4n) is 7.60.